The van der Waals surface area contributed by atoms with Gasteiger partial charge in [-0.3, -0.25) is 0 Å². The number of hydrogen-bond donors (Lipinski definition) is 1. The Morgan fingerprint density at radius 2 is 2.00 bits per heavy atom. The summed E-state index contributed by atoms with van der Waals surface area (Å²) in [7, 11) is -3.52. The molecular weight excluding hydrogens is 206 g/mol. The molecule has 0 atom stereocenters. The number of hydrogen-bond acceptors (Lipinski definition) is 3. The smallest absolute Gasteiger partial charge is 0.224 e. The molecule has 2 N–H and O–H groups in total. The molecule has 1 heterocycles. The second-order valence-electron chi connectivity index (χ2n) is 2.78. The molecule has 0 amide bonds. The van der Waals surface area contributed by atoms with Gasteiger partial charge in [-0.25, -0.2) is 13.6 Å². The van der Waals surface area contributed by atoms with Crippen LogP contribution in [-0.2, 0) is 22.9 Å². The molecule has 0 aliphatic rings. The minimum Gasteiger partial charge on any atom is -0.224 e. The van der Waals surface area contributed by atoms with Crippen LogP contribution in [0.15, 0.2) is 9.59 Å². The predicted octanol–water partition coefficient (Wildman–Crippen LogP) is 1.52. The Morgan fingerprint density at radius 3 is 2.38 bits per heavy atom. The number of primary sulfonamides is 1. The van der Waals surface area contributed by atoms with Gasteiger partial charge in [-0.2, -0.15) is 0 Å². The third kappa shape index (κ3) is 2.10. The van der Waals surface area contributed by atoms with Gasteiger partial charge in [0.2, 0.25) is 10.0 Å². The molecule has 0 unspecified atom stereocenters. The summed E-state index contributed by atoms with van der Waals surface area (Å²) in [4.78, 5) is 0. The van der Waals surface area contributed by atoms with Gasteiger partial charge in [0.1, 0.15) is 4.21 Å². The van der Waals surface area contributed by atoms with Crippen molar-refractivity contribution in [1.82, 2.24) is 0 Å². The van der Waals surface area contributed by atoms with E-state index in [2.05, 4.69) is 0 Å². The van der Waals surface area contributed by atoms with Crippen LogP contribution in [-0.4, -0.2) is 8.42 Å². The fourth-order valence-corrected chi connectivity index (χ4v) is 3.58. The largest absolute Gasteiger partial charge is 0.247 e. The maximum absolute atomic E-state index is 11.1. The van der Waals surface area contributed by atoms with E-state index in [0.717, 1.165) is 24.0 Å². The molecule has 1 aromatic heterocycles. The van der Waals surface area contributed by atoms with Crippen molar-refractivity contribution in [3.05, 3.63) is 16.5 Å². The van der Waals surface area contributed by atoms with Gasteiger partial charge in [0.15, 0.2) is 0 Å². The molecule has 0 bridgehead atoms. The summed E-state index contributed by atoms with van der Waals surface area (Å²) in [6, 6.07) is 0. The SMILES string of the molecule is CCc1csc(S(N)(=O)=O)c1CC. The third-order valence-electron chi connectivity index (χ3n) is 1.94. The zero-order valence-corrected chi connectivity index (χ0v) is 9.33. The Hall–Kier alpha value is -0.390. The predicted molar refractivity (Wildman–Crippen MR) is 54.4 cm³/mol. The van der Waals surface area contributed by atoms with Gasteiger partial charge in [-0.1, -0.05) is 13.8 Å². The highest BCUT2D eigenvalue weighted by Gasteiger charge is 2.17. The van der Waals surface area contributed by atoms with Crippen molar-refractivity contribution in [2.75, 3.05) is 0 Å². The molecule has 0 aliphatic heterocycles. The van der Waals surface area contributed by atoms with Crippen LogP contribution in [0.5, 0.6) is 0 Å². The van der Waals surface area contributed by atoms with E-state index in [1.54, 1.807) is 0 Å². The Bertz CT molecular complexity index is 392. The quantitative estimate of drug-likeness (QED) is 0.838. The molecule has 0 saturated heterocycles. The first-order chi connectivity index (χ1) is 6.00. The average Bonchev–Trinajstić information content (AvgIpc) is 2.45. The van der Waals surface area contributed by atoms with Gasteiger partial charge in [0.25, 0.3) is 0 Å². The molecule has 74 valence electrons. The summed E-state index contributed by atoms with van der Waals surface area (Å²) in [5.41, 5.74) is 1.98. The van der Waals surface area contributed by atoms with E-state index in [4.69, 9.17) is 5.14 Å². The molecule has 1 rings (SSSR count). The van der Waals surface area contributed by atoms with Crippen LogP contribution in [0.2, 0.25) is 0 Å². The molecule has 1 aromatic rings. The highest BCUT2D eigenvalue weighted by Crippen LogP contribution is 2.26. The normalized spacial score (nSPS) is 11.9. The topological polar surface area (TPSA) is 60.2 Å². The van der Waals surface area contributed by atoms with Crippen molar-refractivity contribution in [3.63, 3.8) is 0 Å². The van der Waals surface area contributed by atoms with Crippen molar-refractivity contribution in [3.8, 4) is 0 Å². The zero-order valence-electron chi connectivity index (χ0n) is 7.70. The van der Waals surface area contributed by atoms with Crippen LogP contribution in [0.3, 0.4) is 0 Å². The van der Waals surface area contributed by atoms with Crippen LogP contribution in [0, 0.1) is 0 Å². The van der Waals surface area contributed by atoms with E-state index in [9.17, 15) is 8.42 Å². The zero-order chi connectivity index (χ0) is 10.1. The van der Waals surface area contributed by atoms with Gasteiger partial charge in [0, 0.05) is 0 Å². The van der Waals surface area contributed by atoms with Crippen molar-refractivity contribution in [1.29, 1.82) is 0 Å². The standard InChI is InChI=1S/C8H13NO2S2/c1-3-6-5-12-8(7(6)4-2)13(9,10)11/h5H,3-4H2,1-2H3,(H2,9,10,11). The molecule has 0 fully saturated rings. The van der Waals surface area contributed by atoms with Gasteiger partial charge in [-0.05, 0) is 29.3 Å². The summed E-state index contributed by atoms with van der Waals surface area (Å²) in [6.45, 7) is 3.95. The van der Waals surface area contributed by atoms with Gasteiger partial charge in [0.05, 0.1) is 0 Å². The second kappa shape index (κ2) is 3.77. The Balaban J connectivity index is 3.32. The van der Waals surface area contributed by atoms with Crippen molar-refractivity contribution in [2.45, 2.75) is 30.9 Å². The fraction of sp³-hybridized carbons (Fsp3) is 0.500. The number of nitrogens with two attached hydrogens (primary N) is 1. The van der Waals surface area contributed by atoms with Crippen LogP contribution >= 0.6 is 11.3 Å². The Kier molecular flexibility index (Phi) is 3.10. The average molecular weight is 219 g/mol. The molecule has 0 aromatic carbocycles. The monoisotopic (exact) mass is 219 g/mol. The minimum absolute atomic E-state index is 0.326. The van der Waals surface area contributed by atoms with Crippen molar-refractivity contribution in [2.24, 2.45) is 5.14 Å². The van der Waals surface area contributed by atoms with Crippen molar-refractivity contribution < 1.29 is 8.42 Å². The van der Waals surface area contributed by atoms with E-state index in [1.165, 1.54) is 11.3 Å². The highest BCUT2D eigenvalue weighted by atomic mass is 32.2. The van der Waals surface area contributed by atoms with E-state index in [0.29, 0.717) is 4.21 Å². The summed E-state index contributed by atoms with van der Waals surface area (Å²) in [5, 5.41) is 6.96. The van der Waals surface area contributed by atoms with Crippen LogP contribution < -0.4 is 5.14 Å². The fourth-order valence-electron chi connectivity index (χ4n) is 1.30. The second-order valence-corrected chi connectivity index (χ2v) is 5.42. The Morgan fingerprint density at radius 1 is 1.38 bits per heavy atom. The lowest BCUT2D eigenvalue weighted by Gasteiger charge is -2.00. The number of thiophene rings is 1. The molecule has 3 nitrogen and oxygen atoms in total. The van der Waals surface area contributed by atoms with Crippen LogP contribution in [0.25, 0.3) is 0 Å². The third-order valence-corrected chi connectivity index (χ3v) is 4.55. The lowest BCUT2D eigenvalue weighted by molar-refractivity contribution is 0.599. The lowest BCUT2D eigenvalue weighted by atomic mass is 10.1. The number of sulfonamides is 1. The van der Waals surface area contributed by atoms with E-state index in [-0.39, 0.29) is 0 Å². The Labute approximate surface area is 82.6 Å². The van der Waals surface area contributed by atoms with Crippen molar-refractivity contribution >= 4 is 21.4 Å². The van der Waals surface area contributed by atoms with Gasteiger partial charge < -0.3 is 0 Å². The molecule has 5 heteroatoms. The van der Waals surface area contributed by atoms with Gasteiger partial charge >= 0.3 is 0 Å². The first kappa shape index (κ1) is 10.7. The van der Waals surface area contributed by atoms with E-state index < -0.39 is 10.0 Å². The summed E-state index contributed by atoms with van der Waals surface area (Å²) in [6.07, 6.45) is 1.58. The molecule has 0 radical (unpaired) electrons. The number of rotatable bonds is 3. The first-order valence-electron chi connectivity index (χ1n) is 4.12. The summed E-state index contributed by atoms with van der Waals surface area (Å²) in [5.74, 6) is 0. The molecule has 13 heavy (non-hydrogen) atoms. The summed E-state index contributed by atoms with van der Waals surface area (Å²) >= 11 is 1.22. The number of aryl methyl sites for hydroxylation is 1. The van der Waals surface area contributed by atoms with Gasteiger partial charge in [-0.15, -0.1) is 11.3 Å². The maximum Gasteiger partial charge on any atom is 0.247 e. The first-order valence-corrected chi connectivity index (χ1v) is 6.55. The molecular formula is C8H13NO2S2. The van der Waals surface area contributed by atoms with Crippen LogP contribution in [0.1, 0.15) is 25.0 Å². The molecule has 0 aliphatic carbocycles. The summed E-state index contributed by atoms with van der Waals surface area (Å²) < 4.78 is 22.6. The highest BCUT2D eigenvalue weighted by molar-refractivity contribution is 7.91. The molecule has 0 spiro atoms. The maximum atomic E-state index is 11.1. The van der Waals surface area contributed by atoms with E-state index in [1.807, 2.05) is 19.2 Å². The molecule has 0 saturated carbocycles. The van der Waals surface area contributed by atoms with E-state index >= 15 is 0 Å². The lowest BCUT2D eigenvalue weighted by Crippen LogP contribution is -2.12. The van der Waals surface area contributed by atoms with Crippen LogP contribution in [0.4, 0.5) is 0 Å². The minimum atomic E-state index is -3.52.